The van der Waals surface area contributed by atoms with Crippen LogP contribution in [0.4, 0.5) is 5.69 Å². The number of aliphatic imine (C=N–C) groups is 1. The summed E-state index contributed by atoms with van der Waals surface area (Å²) in [5.74, 6) is 0. The van der Waals surface area contributed by atoms with Gasteiger partial charge in [-0.1, -0.05) is 11.6 Å². The zero-order valence-corrected chi connectivity index (χ0v) is 12.4. The SMILES string of the molecule is Cc1ccc2[nH]c3c4cc(N=C=S)ccc4sc3c2c1. The van der Waals surface area contributed by atoms with E-state index >= 15 is 0 Å². The molecule has 4 rings (SSSR count). The molecule has 2 aromatic heterocycles. The molecule has 0 saturated carbocycles. The van der Waals surface area contributed by atoms with Crippen LogP contribution >= 0.6 is 23.6 Å². The summed E-state index contributed by atoms with van der Waals surface area (Å²) in [6.07, 6.45) is 0. The summed E-state index contributed by atoms with van der Waals surface area (Å²) in [4.78, 5) is 7.59. The lowest BCUT2D eigenvalue weighted by Gasteiger charge is -1.94. The van der Waals surface area contributed by atoms with E-state index in [1.807, 2.05) is 17.4 Å². The number of H-pyrrole nitrogens is 1. The molecule has 0 aliphatic carbocycles. The lowest BCUT2D eigenvalue weighted by Crippen LogP contribution is -1.71. The van der Waals surface area contributed by atoms with Crippen LogP contribution in [0.1, 0.15) is 5.56 Å². The van der Waals surface area contributed by atoms with E-state index in [-0.39, 0.29) is 0 Å². The van der Waals surface area contributed by atoms with Gasteiger partial charge in [0.15, 0.2) is 0 Å². The number of nitrogens with zero attached hydrogens (tertiary/aromatic N) is 1. The summed E-state index contributed by atoms with van der Waals surface area (Å²) in [6.45, 7) is 2.12. The Bertz CT molecular complexity index is 1020. The molecular weight excluding hydrogens is 284 g/mol. The largest absolute Gasteiger partial charge is 0.353 e. The van der Waals surface area contributed by atoms with E-state index in [0.717, 1.165) is 5.69 Å². The molecule has 0 bridgehead atoms. The Morgan fingerprint density at radius 3 is 2.90 bits per heavy atom. The highest BCUT2D eigenvalue weighted by Gasteiger charge is 2.11. The van der Waals surface area contributed by atoms with Gasteiger partial charge in [-0.15, -0.1) is 11.3 Å². The summed E-state index contributed by atoms with van der Waals surface area (Å²) in [5, 5.41) is 4.92. The molecule has 4 aromatic rings. The standard InChI is InChI=1S/C16H10N2S2/c1-9-2-4-13-11(6-9)16-15(18-13)12-7-10(17-8-19)3-5-14(12)20-16/h2-7,18H,1H3. The van der Waals surface area contributed by atoms with E-state index in [2.05, 4.69) is 64.6 Å². The van der Waals surface area contributed by atoms with Crippen LogP contribution in [0.2, 0.25) is 0 Å². The van der Waals surface area contributed by atoms with Gasteiger partial charge in [-0.2, -0.15) is 4.99 Å². The molecule has 2 aromatic carbocycles. The van der Waals surface area contributed by atoms with Crippen molar-refractivity contribution in [3.05, 3.63) is 42.0 Å². The van der Waals surface area contributed by atoms with Gasteiger partial charge in [0, 0.05) is 21.0 Å². The van der Waals surface area contributed by atoms with Crippen LogP contribution in [-0.4, -0.2) is 10.1 Å². The zero-order chi connectivity index (χ0) is 13.7. The topological polar surface area (TPSA) is 28.1 Å². The second-order valence-electron chi connectivity index (χ2n) is 4.86. The third-order valence-corrected chi connectivity index (χ3v) is 4.82. The number of nitrogens with one attached hydrogen (secondary N) is 1. The Labute approximate surface area is 124 Å². The molecule has 0 fully saturated rings. The quantitative estimate of drug-likeness (QED) is 0.360. The number of aromatic amines is 1. The van der Waals surface area contributed by atoms with Crippen molar-refractivity contribution in [2.45, 2.75) is 6.92 Å². The third-order valence-electron chi connectivity index (χ3n) is 3.53. The van der Waals surface area contributed by atoms with E-state index in [1.54, 1.807) is 0 Å². The predicted molar refractivity (Wildman–Crippen MR) is 90.6 cm³/mol. The number of rotatable bonds is 1. The average Bonchev–Trinajstić information content (AvgIpc) is 2.96. The van der Waals surface area contributed by atoms with Gasteiger partial charge < -0.3 is 4.98 Å². The molecule has 1 N–H and O–H groups in total. The fourth-order valence-corrected chi connectivity index (χ4v) is 3.89. The molecule has 0 unspecified atom stereocenters. The first-order chi connectivity index (χ1) is 9.76. The van der Waals surface area contributed by atoms with Crippen LogP contribution in [0, 0.1) is 6.92 Å². The number of thiocarbonyl (C=S) groups is 1. The van der Waals surface area contributed by atoms with Crippen LogP contribution in [0.15, 0.2) is 41.4 Å². The highest BCUT2D eigenvalue weighted by Crippen LogP contribution is 2.39. The molecule has 4 heteroatoms. The number of isothiocyanates is 1. The first-order valence-corrected chi connectivity index (χ1v) is 7.51. The molecule has 0 aliphatic heterocycles. The first kappa shape index (κ1) is 11.8. The minimum Gasteiger partial charge on any atom is -0.353 e. The van der Waals surface area contributed by atoms with Gasteiger partial charge in [0.2, 0.25) is 0 Å². The molecule has 0 spiro atoms. The predicted octanol–water partition coefficient (Wildman–Crippen LogP) is 5.58. The maximum atomic E-state index is 4.68. The van der Waals surface area contributed by atoms with Crippen molar-refractivity contribution >= 4 is 65.6 Å². The molecule has 0 aliphatic rings. The highest BCUT2D eigenvalue weighted by molar-refractivity contribution is 7.78. The Balaban J connectivity index is 2.16. The van der Waals surface area contributed by atoms with Crippen molar-refractivity contribution in [2.75, 3.05) is 0 Å². The van der Waals surface area contributed by atoms with Crippen molar-refractivity contribution in [2.24, 2.45) is 4.99 Å². The van der Waals surface area contributed by atoms with E-state index in [4.69, 9.17) is 0 Å². The van der Waals surface area contributed by atoms with Crippen LogP contribution < -0.4 is 0 Å². The maximum absolute atomic E-state index is 4.68. The molecule has 0 amide bonds. The van der Waals surface area contributed by atoms with E-state index in [9.17, 15) is 0 Å². The Morgan fingerprint density at radius 2 is 2.05 bits per heavy atom. The summed E-state index contributed by atoms with van der Waals surface area (Å²) < 4.78 is 2.57. The van der Waals surface area contributed by atoms with E-state index in [1.165, 1.54) is 36.8 Å². The summed E-state index contributed by atoms with van der Waals surface area (Å²) in [6, 6.07) is 12.6. The fourth-order valence-electron chi connectivity index (χ4n) is 2.61. The van der Waals surface area contributed by atoms with Gasteiger partial charge in [0.05, 0.1) is 21.1 Å². The summed E-state index contributed by atoms with van der Waals surface area (Å²) in [7, 11) is 0. The Morgan fingerprint density at radius 1 is 1.15 bits per heavy atom. The highest BCUT2D eigenvalue weighted by atomic mass is 32.1. The van der Waals surface area contributed by atoms with Crippen LogP contribution in [0.5, 0.6) is 0 Å². The third kappa shape index (κ3) is 1.63. The summed E-state index contributed by atoms with van der Waals surface area (Å²) in [5.41, 5.74) is 4.50. The normalized spacial score (nSPS) is 11.2. The Kier molecular flexibility index (Phi) is 2.51. The van der Waals surface area contributed by atoms with Gasteiger partial charge in [-0.05, 0) is 49.5 Å². The monoisotopic (exact) mass is 294 g/mol. The molecule has 2 heterocycles. The van der Waals surface area contributed by atoms with Crippen molar-refractivity contribution in [3.8, 4) is 0 Å². The molecule has 20 heavy (non-hydrogen) atoms. The van der Waals surface area contributed by atoms with E-state index < -0.39 is 0 Å². The lowest BCUT2D eigenvalue weighted by atomic mass is 10.2. The number of fused-ring (bicyclic) bond motifs is 5. The summed E-state index contributed by atoms with van der Waals surface area (Å²) >= 11 is 6.49. The van der Waals surface area contributed by atoms with Crippen molar-refractivity contribution in [1.82, 2.24) is 4.98 Å². The molecule has 96 valence electrons. The number of hydrogen-bond acceptors (Lipinski definition) is 3. The fraction of sp³-hybridized carbons (Fsp3) is 0.0625. The number of thiophene rings is 1. The number of aromatic nitrogens is 1. The van der Waals surface area contributed by atoms with Gasteiger partial charge in [-0.3, -0.25) is 0 Å². The van der Waals surface area contributed by atoms with E-state index in [0.29, 0.717) is 0 Å². The number of aryl methyl sites for hydroxylation is 1. The lowest BCUT2D eigenvalue weighted by molar-refractivity contribution is 1.49. The zero-order valence-electron chi connectivity index (χ0n) is 10.7. The van der Waals surface area contributed by atoms with Gasteiger partial charge in [-0.25, -0.2) is 0 Å². The molecule has 2 nitrogen and oxygen atoms in total. The number of benzene rings is 2. The second-order valence-corrected chi connectivity index (χ2v) is 6.10. The minimum absolute atomic E-state index is 0.849. The molecule has 0 saturated heterocycles. The smallest absolute Gasteiger partial charge is 0.0747 e. The molecule has 0 atom stereocenters. The van der Waals surface area contributed by atoms with Crippen LogP contribution in [-0.2, 0) is 0 Å². The van der Waals surface area contributed by atoms with Gasteiger partial charge >= 0.3 is 0 Å². The first-order valence-electron chi connectivity index (χ1n) is 6.29. The number of hydrogen-bond donors (Lipinski definition) is 1. The molecule has 0 radical (unpaired) electrons. The van der Waals surface area contributed by atoms with Crippen molar-refractivity contribution in [1.29, 1.82) is 0 Å². The Hall–Kier alpha value is -2.00. The average molecular weight is 294 g/mol. The second kappa shape index (κ2) is 4.25. The van der Waals surface area contributed by atoms with Crippen molar-refractivity contribution < 1.29 is 0 Å². The minimum atomic E-state index is 0.849. The van der Waals surface area contributed by atoms with Crippen LogP contribution in [0.3, 0.4) is 0 Å². The van der Waals surface area contributed by atoms with Crippen LogP contribution in [0.25, 0.3) is 31.2 Å². The maximum Gasteiger partial charge on any atom is 0.0747 e. The van der Waals surface area contributed by atoms with Crippen molar-refractivity contribution in [3.63, 3.8) is 0 Å². The van der Waals surface area contributed by atoms with Gasteiger partial charge in [0.25, 0.3) is 0 Å². The molecular formula is C16H10N2S2. The van der Waals surface area contributed by atoms with Gasteiger partial charge in [0.1, 0.15) is 0 Å².